The highest BCUT2D eigenvalue weighted by molar-refractivity contribution is 7.10. The number of carbonyl (C=O) groups excluding carboxylic acids is 2. The minimum atomic E-state index is -0.301. The van der Waals surface area contributed by atoms with Crippen LogP contribution >= 0.6 is 11.3 Å². The molecule has 3 nitrogen and oxygen atoms in total. The Balaban J connectivity index is 2.38. The molecule has 0 amide bonds. The fourth-order valence-electron chi connectivity index (χ4n) is 2.11. The Morgan fingerprint density at radius 1 is 1.47 bits per heavy atom. The van der Waals surface area contributed by atoms with Crippen molar-refractivity contribution in [1.29, 1.82) is 0 Å². The molecule has 4 heteroatoms. The largest absolute Gasteiger partial charge is 0.463 e. The van der Waals surface area contributed by atoms with E-state index < -0.39 is 0 Å². The molecule has 0 radical (unpaired) electrons. The molecule has 1 aromatic rings. The Kier molecular flexibility index (Phi) is 4.32. The molecule has 0 atom stereocenters. The number of thiophene rings is 1. The highest BCUT2D eigenvalue weighted by Crippen LogP contribution is 2.30. The number of carbonyl (C=O) groups is 2. The molecule has 0 aromatic carbocycles. The number of esters is 1. The summed E-state index contributed by atoms with van der Waals surface area (Å²) in [4.78, 5) is 24.9. The Morgan fingerprint density at radius 3 is 2.89 bits per heavy atom. The lowest BCUT2D eigenvalue weighted by atomic mass is 9.87. The van der Waals surface area contributed by atoms with Crippen LogP contribution in [0.15, 0.2) is 34.2 Å². The van der Waals surface area contributed by atoms with Gasteiger partial charge in [0.25, 0.3) is 0 Å². The molecule has 19 heavy (non-hydrogen) atoms. The van der Waals surface area contributed by atoms with Crippen LogP contribution in [0.4, 0.5) is 0 Å². The highest BCUT2D eigenvalue weighted by atomic mass is 32.1. The Morgan fingerprint density at radius 2 is 2.26 bits per heavy atom. The summed E-state index contributed by atoms with van der Waals surface area (Å²) in [6.07, 6.45) is 2.72. The van der Waals surface area contributed by atoms with Gasteiger partial charge in [0, 0.05) is 22.4 Å². The molecule has 1 aliphatic rings. The van der Waals surface area contributed by atoms with Crippen molar-refractivity contribution in [2.75, 3.05) is 6.61 Å². The van der Waals surface area contributed by atoms with E-state index in [-0.39, 0.29) is 11.8 Å². The zero-order valence-electron chi connectivity index (χ0n) is 11.1. The number of rotatable bonds is 3. The van der Waals surface area contributed by atoms with Crippen LogP contribution in [0.1, 0.15) is 31.6 Å². The fourth-order valence-corrected chi connectivity index (χ4v) is 2.77. The van der Waals surface area contributed by atoms with E-state index in [0.29, 0.717) is 30.6 Å². The van der Waals surface area contributed by atoms with E-state index in [1.54, 1.807) is 18.3 Å². The van der Waals surface area contributed by atoms with Gasteiger partial charge >= 0.3 is 5.97 Å². The number of ether oxygens (including phenoxy) is 1. The van der Waals surface area contributed by atoms with Crippen LogP contribution in [0, 0.1) is 0 Å². The van der Waals surface area contributed by atoms with Crippen molar-refractivity contribution in [1.82, 2.24) is 0 Å². The van der Waals surface area contributed by atoms with Gasteiger partial charge in [0.15, 0.2) is 5.78 Å². The van der Waals surface area contributed by atoms with Crippen LogP contribution in [0.5, 0.6) is 0 Å². The van der Waals surface area contributed by atoms with E-state index in [1.165, 1.54) is 0 Å². The molecule has 0 aliphatic heterocycles. The lowest BCUT2D eigenvalue weighted by Crippen LogP contribution is -2.18. The van der Waals surface area contributed by atoms with Gasteiger partial charge in [-0.15, -0.1) is 11.3 Å². The van der Waals surface area contributed by atoms with Crippen molar-refractivity contribution in [2.45, 2.75) is 26.7 Å². The zero-order chi connectivity index (χ0) is 13.8. The van der Waals surface area contributed by atoms with Gasteiger partial charge < -0.3 is 4.74 Å². The standard InChI is InChI=1S/C15H16O3S/c1-3-18-15(17)12-6-7-14(16)13(10(12)2)9-11-5-4-8-19-11/h4-5,8-9H,3,6-7H2,1-2H3/b13-9+. The van der Waals surface area contributed by atoms with Crippen LogP contribution in [0.2, 0.25) is 0 Å². The van der Waals surface area contributed by atoms with Crippen molar-refractivity contribution >= 4 is 29.2 Å². The number of Topliss-reactive ketones (excluding diaryl/α,β-unsaturated/α-hetero) is 1. The second kappa shape index (κ2) is 5.97. The first-order valence-corrected chi connectivity index (χ1v) is 7.17. The molecule has 1 aromatic heterocycles. The first kappa shape index (κ1) is 13.7. The average molecular weight is 276 g/mol. The summed E-state index contributed by atoms with van der Waals surface area (Å²) >= 11 is 1.57. The molecule has 2 rings (SSSR count). The number of ketones is 1. The Labute approximate surface area is 116 Å². The van der Waals surface area contributed by atoms with Gasteiger partial charge in [0.2, 0.25) is 0 Å². The van der Waals surface area contributed by atoms with E-state index in [0.717, 1.165) is 10.5 Å². The maximum atomic E-state index is 12.0. The summed E-state index contributed by atoms with van der Waals surface area (Å²) in [5.41, 5.74) is 2.02. The molecule has 0 N–H and O–H groups in total. The van der Waals surface area contributed by atoms with E-state index in [2.05, 4.69) is 0 Å². The third-order valence-electron chi connectivity index (χ3n) is 3.11. The zero-order valence-corrected chi connectivity index (χ0v) is 11.9. The first-order chi connectivity index (χ1) is 9.13. The van der Waals surface area contributed by atoms with Crippen LogP contribution in [0.25, 0.3) is 6.08 Å². The van der Waals surface area contributed by atoms with Crippen molar-refractivity contribution in [3.05, 3.63) is 39.1 Å². The summed E-state index contributed by atoms with van der Waals surface area (Å²) in [5, 5.41) is 1.96. The summed E-state index contributed by atoms with van der Waals surface area (Å²) in [5.74, 6) is -0.205. The van der Waals surface area contributed by atoms with E-state index >= 15 is 0 Å². The first-order valence-electron chi connectivity index (χ1n) is 6.29. The molecule has 0 unspecified atom stereocenters. The predicted octanol–water partition coefficient (Wildman–Crippen LogP) is 3.37. The molecule has 1 aliphatic carbocycles. The number of allylic oxidation sites excluding steroid dienone is 2. The van der Waals surface area contributed by atoms with Crippen molar-refractivity contribution in [2.24, 2.45) is 0 Å². The normalized spacial score (nSPS) is 18.0. The summed E-state index contributed by atoms with van der Waals surface area (Å²) in [6, 6.07) is 3.90. The smallest absolute Gasteiger partial charge is 0.334 e. The summed E-state index contributed by atoms with van der Waals surface area (Å²) < 4.78 is 5.04. The fraction of sp³-hybridized carbons (Fsp3) is 0.333. The van der Waals surface area contributed by atoms with Crippen molar-refractivity contribution < 1.29 is 14.3 Å². The van der Waals surface area contributed by atoms with Gasteiger partial charge in [-0.1, -0.05) is 6.07 Å². The van der Waals surface area contributed by atoms with Crippen molar-refractivity contribution in [3.8, 4) is 0 Å². The number of hydrogen-bond acceptors (Lipinski definition) is 4. The molecule has 0 spiro atoms. The van der Waals surface area contributed by atoms with Gasteiger partial charge in [-0.3, -0.25) is 4.79 Å². The average Bonchev–Trinajstić information content (AvgIpc) is 2.87. The quantitative estimate of drug-likeness (QED) is 0.628. The molecule has 0 bridgehead atoms. The molecular weight excluding hydrogens is 260 g/mol. The second-order valence-corrected chi connectivity index (χ2v) is 5.30. The second-order valence-electron chi connectivity index (χ2n) is 4.32. The minimum absolute atomic E-state index is 0.0962. The van der Waals surface area contributed by atoms with E-state index in [9.17, 15) is 9.59 Å². The number of hydrogen-bond donors (Lipinski definition) is 0. The maximum Gasteiger partial charge on any atom is 0.334 e. The monoisotopic (exact) mass is 276 g/mol. The van der Waals surface area contributed by atoms with Gasteiger partial charge in [-0.25, -0.2) is 4.79 Å². The summed E-state index contributed by atoms with van der Waals surface area (Å²) in [7, 11) is 0. The SMILES string of the molecule is CCOC(=O)C1=C(C)/C(=C\c2cccs2)C(=O)CC1. The van der Waals surface area contributed by atoms with Gasteiger partial charge in [0.05, 0.1) is 6.61 Å². The Hall–Kier alpha value is -1.68. The van der Waals surface area contributed by atoms with Gasteiger partial charge in [-0.05, 0) is 43.4 Å². The molecule has 0 fully saturated rings. The lowest BCUT2D eigenvalue weighted by molar-refractivity contribution is -0.138. The van der Waals surface area contributed by atoms with Crippen LogP contribution in [0.3, 0.4) is 0 Å². The van der Waals surface area contributed by atoms with Crippen LogP contribution in [-0.2, 0) is 14.3 Å². The predicted molar refractivity (Wildman–Crippen MR) is 75.9 cm³/mol. The molecule has 1 heterocycles. The lowest BCUT2D eigenvalue weighted by Gasteiger charge is -2.18. The van der Waals surface area contributed by atoms with Crippen LogP contribution in [-0.4, -0.2) is 18.4 Å². The third-order valence-corrected chi connectivity index (χ3v) is 3.93. The highest BCUT2D eigenvalue weighted by Gasteiger charge is 2.26. The van der Waals surface area contributed by atoms with E-state index in [4.69, 9.17) is 4.74 Å². The topological polar surface area (TPSA) is 43.4 Å². The molecular formula is C15H16O3S. The van der Waals surface area contributed by atoms with E-state index in [1.807, 2.05) is 30.5 Å². The third kappa shape index (κ3) is 3.01. The van der Waals surface area contributed by atoms with Crippen molar-refractivity contribution in [3.63, 3.8) is 0 Å². The molecule has 0 saturated carbocycles. The van der Waals surface area contributed by atoms with Gasteiger partial charge in [-0.2, -0.15) is 0 Å². The molecule has 0 saturated heterocycles. The van der Waals surface area contributed by atoms with Gasteiger partial charge in [0.1, 0.15) is 0 Å². The minimum Gasteiger partial charge on any atom is -0.463 e. The molecule has 100 valence electrons. The maximum absolute atomic E-state index is 12.0. The Bertz CT molecular complexity index is 550. The van der Waals surface area contributed by atoms with Crippen LogP contribution < -0.4 is 0 Å². The summed E-state index contributed by atoms with van der Waals surface area (Å²) in [6.45, 7) is 3.96.